The molecule has 0 aromatic heterocycles. The van der Waals surface area contributed by atoms with E-state index >= 15 is 0 Å². The summed E-state index contributed by atoms with van der Waals surface area (Å²) in [4.78, 5) is 11.8. The third-order valence-electron chi connectivity index (χ3n) is 2.76. The zero-order valence-electron chi connectivity index (χ0n) is 10.0. The second-order valence-corrected chi connectivity index (χ2v) is 5.38. The minimum absolute atomic E-state index is 0.637. The maximum atomic E-state index is 11.0. The van der Waals surface area contributed by atoms with Crippen LogP contribution in [0.3, 0.4) is 0 Å². The molecule has 0 aliphatic rings. The molecule has 0 unspecified atom stereocenters. The molecule has 0 amide bonds. The van der Waals surface area contributed by atoms with Crippen molar-refractivity contribution in [3.05, 3.63) is 64.2 Å². The standard InChI is InChI=1S/C15H13ClOS/c1-11-5-2-3-6-13(11)10-18-15-12(9-17)7-4-8-14(15)16/h2-9H,10H2,1H3. The van der Waals surface area contributed by atoms with Gasteiger partial charge in [-0.25, -0.2) is 0 Å². The van der Waals surface area contributed by atoms with Crippen molar-refractivity contribution in [1.29, 1.82) is 0 Å². The van der Waals surface area contributed by atoms with Crippen molar-refractivity contribution in [2.45, 2.75) is 17.6 Å². The van der Waals surface area contributed by atoms with E-state index in [-0.39, 0.29) is 0 Å². The third-order valence-corrected chi connectivity index (χ3v) is 4.38. The Labute approximate surface area is 116 Å². The van der Waals surface area contributed by atoms with Gasteiger partial charge in [-0.1, -0.05) is 48.0 Å². The summed E-state index contributed by atoms with van der Waals surface area (Å²) in [7, 11) is 0. The molecule has 2 aromatic carbocycles. The maximum Gasteiger partial charge on any atom is 0.151 e. The Balaban J connectivity index is 2.21. The molecule has 2 rings (SSSR count). The first-order valence-corrected chi connectivity index (χ1v) is 6.99. The van der Waals surface area contributed by atoms with Gasteiger partial charge in [0.2, 0.25) is 0 Å². The predicted octanol–water partition coefficient (Wildman–Crippen LogP) is 4.75. The summed E-state index contributed by atoms with van der Waals surface area (Å²) in [5, 5.41) is 0.637. The Morgan fingerprint density at radius 2 is 1.94 bits per heavy atom. The molecule has 0 bridgehead atoms. The van der Waals surface area contributed by atoms with Gasteiger partial charge in [-0.3, -0.25) is 4.79 Å². The summed E-state index contributed by atoms with van der Waals surface area (Å²) < 4.78 is 0. The smallest absolute Gasteiger partial charge is 0.151 e. The van der Waals surface area contributed by atoms with Gasteiger partial charge in [-0.15, -0.1) is 11.8 Å². The molecule has 0 N–H and O–H groups in total. The fraction of sp³-hybridized carbons (Fsp3) is 0.133. The van der Waals surface area contributed by atoms with E-state index in [2.05, 4.69) is 19.1 Å². The molecule has 0 radical (unpaired) electrons. The van der Waals surface area contributed by atoms with E-state index in [1.807, 2.05) is 18.2 Å². The van der Waals surface area contributed by atoms with Crippen molar-refractivity contribution in [2.24, 2.45) is 0 Å². The number of carbonyl (C=O) groups is 1. The summed E-state index contributed by atoms with van der Waals surface area (Å²) in [5.41, 5.74) is 3.17. The van der Waals surface area contributed by atoms with E-state index < -0.39 is 0 Å². The first kappa shape index (κ1) is 13.2. The molecule has 0 saturated heterocycles. The predicted molar refractivity (Wildman–Crippen MR) is 77.6 cm³/mol. The molecule has 0 aliphatic carbocycles. The minimum Gasteiger partial charge on any atom is -0.298 e. The van der Waals surface area contributed by atoms with Gasteiger partial charge < -0.3 is 0 Å². The Bertz CT molecular complexity index is 566. The molecule has 92 valence electrons. The summed E-state index contributed by atoms with van der Waals surface area (Å²) in [6.45, 7) is 2.09. The largest absolute Gasteiger partial charge is 0.298 e. The maximum absolute atomic E-state index is 11.0. The van der Waals surface area contributed by atoms with Crippen molar-refractivity contribution < 1.29 is 4.79 Å². The van der Waals surface area contributed by atoms with E-state index in [1.54, 1.807) is 23.9 Å². The van der Waals surface area contributed by atoms with Gasteiger partial charge in [0.1, 0.15) is 0 Å². The number of benzene rings is 2. The SMILES string of the molecule is Cc1ccccc1CSc1c(Cl)cccc1C=O. The van der Waals surface area contributed by atoms with Crippen molar-refractivity contribution in [3.8, 4) is 0 Å². The summed E-state index contributed by atoms with van der Waals surface area (Å²) in [5.74, 6) is 0.817. The summed E-state index contributed by atoms with van der Waals surface area (Å²) in [6.07, 6.45) is 0.853. The van der Waals surface area contributed by atoms with Gasteiger partial charge in [-0.05, 0) is 24.1 Å². The van der Waals surface area contributed by atoms with Crippen LogP contribution in [0.1, 0.15) is 21.5 Å². The van der Waals surface area contributed by atoms with E-state index in [0.29, 0.717) is 10.6 Å². The number of hydrogen-bond donors (Lipinski definition) is 0. The second kappa shape index (κ2) is 6.07. The van der Waals surface area contributed by atoms with Crippen LogP contribution < -0.4 is 0 Å². The van der Waals surface area contributed by atoms with Crippen LogP contribution >= 0.6 is 23.4 Å². The molecule has 0 saturated carbocycles. The first-order valence-electron chi connectivity index (χ1n) is 5.63. The van der Waals surface area contributed by atoms with E-state index in [0.717, 1.165) is 16.9 Å². The van der Waals surface area contributed by atoms with Crippen LogP contribution in [-0.4, -0.2) is 6.29 Å². The van der Waals surface area contributed by atoms with Crippen LogP contribution in [0.4, 0.5) is 0 Å². The lowest BCUT2D eigenvalue weighted by molar-refractivity contribution is 0.112. The van der Waals surface area contributed by atoms with Gasteiger partial charge in [0, 0.05) is 16.2 Å². The van der Waals surface area contributed by atoms with Crippen LogP contribution in [0.2, 0.25) is 5.02 Å². The zero-order chi connectivity index (χ0) is 13.0. The highest BCUT2D eigenvalue weighted by molar-refractivity contribution is 7.98. The van der Waals surface area contributed by atoms with Crippen molar-refractivity contribution in [3.63, 3.8) is 0 Å². The van der Waals surface area contributed by atoms with Gasteiger partial charge in [0.15, 0.2) is 6.29 Å². The number of rotatable bonds is 4. The highest BCUT2D eigenvalue weighted by Gasteiger charge is 2.08. The van der Waals surface area contributed by atoms with Crippen LogP contribution in [0.5, 0.6) is 0 Å². The topological polar surface area (TPSA) is 17.1 Å². The molecule has 1 nitrogen and oxygen atoms in total. The van der Waals surface area contributed by atoms with Crippen LogP contribution in [0.25, 0.3) is 0 Å². The number of aldehydes is 1. The lowest BCUT2D eigenvalue weighted by Crippen LogP contribution is -1.89. The van der Waals surface area contributed by atoms with Crippen molar-refractivity contribution >= 4 is 29.6 Å². The molecular formula is C15H13ClOS. The zero-order valence-corrected chi connectivity index (χ0v) is 11.6. The van der Waals surface area contributed by atoms with Crippen molar-refractivity contribution in [2.75, 3.05) is 0 Å². The van der Waals surface area contributed by atoms with Crippen LogP contribution in [0, 0.1) is 6.92 Å². The second-order valence-electron chi connectivity index (χ2n) is 3.99. The molecule has 18 heavy (non-hydrogen) atoms. The Hall–Kier alpha value is -1.25. The van der Waals surface area contributed by atoms with E-state index in [9.17, 15) is 4.79 Å². The Morgan fingerprint density at radius 1 is 1.17 bits per heavy atom. The van der Waals surface area contributed by atoms with Gasteiger partial charge in [-0.2, -0.15) is 0 Å². The lowest BCUT2D eigenvalue weighted by atomic mass is 10.1. The number of hydrogen-bond acceptors (Lipinski definition) is 2. The average Bonchev–Trinajstić information content (AvgIpc) is 2.39. The number of thioether (sulfide) groups is 1. The molecule has 3 heteroatoms. The monoisotopic (exact) mass is 276 g/mol. The number of halogens is 1. The average molecular weight is 277 g/mol. The van der Waals surface area contributed by atoms with E-state index in [1.165, 1.54) is 11.1 Å². The fourth-order valence-corrected chi connectivity index (χ4v) is 3.15. The third kappa shape index (κ3) is 2.95. The molecular weight excluding hydrogens is 264 g/mol. The van der Waals surface area contributed by atoms with Crippen LogP contribution in [0.15, 0.2) is 47.4 Å². The summed E-state index contributed by atoms with van der Waals surface area (Å²) in [6, 6.07) is 13.6. The molecule has 2 aromatic rings. The van der Waals surface area contributed by atoms with Crippen LogP contribution in [-0.2, 0) is 5.75 Å². The molecule has 0 heterocycles. The quantitative estimate of drug-likeness (QED) is 0.592. The molecule has 0 spiro atoms. The lowest BCUT2D eigenvalue weighted by Gasteiger charge is -2.08. The first-order chi connectivity index (χ1) is 8.72. The molecule has 0 atom stereocenters. The van der Waals surface area contributed by atoms with Crippen molar-refractivity contribution in [1.82, 2.24) is 0 Å². The molecule has 0 aliphatic heterocycles. The summed E-state index contributed by atoms with van der Waals surface area (Å²) >= 11 is 7.74. The number of carbonyl (C=O) groups excluding carboxylic acids is 1. The Kier molecular flexibility index (Phi) is 4.45. The Morgan fingerprint density at radius 3 is 2.67 bits per heavy atom. The highest BCUT2D eigenvalue weighted by Crippen LogP contribution is 2.32. The van der Waals surface area contributed by atoms with E-state index in [4.69, 9.17) is 11.6 Å². The van der Waals surface area contributed by atoms with Gasteiger partial charge in [0.25, 0.3) is 0 Å². The normalized spacial score (nSPS) is 10.3. The van der Waals surface area contributed by atoms with Gasteiger partial charge >= 0.3 is 0 Å². The number of aryl methyl sites for hydroxylation is 1. The highest BCUT2D eigenvalue weighted by atomic mass is 35.5. The fourth-order valence-electron chi connectivity index (χ4n) is 1.69. The van der Waals surface area contributed by atoms with Gasteiger partial charge in [0.05, 0.1) is 5.02 Å². The minimum atomic E-state index is 0.637. The molecule has 0 fully saturated rings.